The van der Waals surface area contributed by atoms with Crippen LogP contribution in [0.15, 0.2) is 36.4 Å². The molecule has 3 aromatic carbocycles. The van der Waals surface area contributed by atoms with Crippen molar-refractivity contribution in [1.29, 1.82) is 0 Å². The molecule has 0 spiro atoms. The second kappa shape index (κ2) is 10.2. The molecule has 0 radical (unpaired) electrons. The number of anilines is 1. The predicted octanol–water partition coefficient (Wildman–Crippen LogP) is 5.22. The third-order valence-electron chi connectivity index (χ3n) is 6.73. The van der Waals surface area contributed by atoms with E-state index in [-0.39, 0.29) is 44.9 Å². The van der Waals surface area contributed by atoms with Gasteiger partial charge in [0.15, 0.2) is 0 Å². The molecule has 8 nitrogen and oxygen atoms in total. The van der Waals surface area contributed by atoms with Crippen LogP contribution in [-0.2, 0) is 6.42 Å². The fourth-order valence-corrected chi connectivity index (χ4v) is 4.49. The first-order valence-corrected chi connectivity index (χ1v) is 11.7. The number of nitrogens with two attached hydrogens (primary N) is 1. The maximum absolute atomic E-state index is 13.8. The zero-order chi connectivity index (χ0) is 26.9. The molecule has 8 heteroatoms. The van der Waals surface area contributed by atoms with Gasteiger partial charge in [0.1, 0.15) is 0 Å². The fourth-order valence-electron chi connectivity index (χ4n) is 4.49. The van der Waals surface area contributed by atoms with E-state index in [1.807, 2.05) is 52.8 Å². The Hall–Kier alpha value is -4.20. The van der Waals surface area contributed by atoms with Crippen LogP contribution in [0, 0.1) is 12.8 Å². The Morgan fingerprint density at radius 1 is 0.917 bits per heavy atom. The Bertz CT molecular complexity index is 1410. The van der Waals surface area contributed by atoms with Crippen molar-refractivity contribution in [3.8, 4) is 0 Å². The molecule has 2 amide bonds. The topological polar surface area (TPSA) is 147 Å². The van der Waals surface area contributed by atoms with Crippen LogP contribution in [-0.4, -0.2) is 34.0 Å². The lowest BCUT2D eigenvalue weighted by Crippen LogP contribution is -2.22. The van der Waals surface area contributed by atoms with Crippen molar-refractivity contribution >= 4 is 40.2 Å². The van der Waals surface area contributed by atoms with Crippen molar-refractivity contribution in [1.82, 2.24) is 0 Å². The number of hydrogen-bond acceptors (Lipinski definition) is 4. The van der Waals surface area contributed by atoms with E-state index in [4.69, 9.17) is 5.73 Å². The third kappa shape index (κ3) is 4.66. The smallest absolute Gasteiger partial charge is 0.336 e. The molecule has 36 heavy (non-hydrogen) atoms. The van der Waals surface area contributed by atoms with Gasteiger partial charge in [0, 0.05) is 22.0 Å². The van der Waals surface area contributed by atoms with Crippen molar-refractivity contribution < 1.29 is 29.4 Å². The van der Waals surface area contributed by atoms with Crippen molar-refractivity contribution in [2.75, 3.05) is 5.32 Å². The van der Waals surface area contributed by atoms with E-state index < -0.39 is 23.8 Å². The van der Waals surface area contributed by atoms with Gasteiger partial charge in [0.05, 0.1) is 16.7 Å². The van der Waals surface area contributed by atoms with Crippen molar-refractivity contribution in [3.63, 3.8) is 0 Å². The first-order valence-electron chi connectivity index (χ1n) is 11.7. The highest BCUT2D eigenvalue weighted by Gasteiger charge is 2.30. The largest absolute Gasteiger partial charge is 0.478 e. The van der Waals surface area contributed by atoms with Crippen molar-refractivity contribution in [2.45, 2.75) is 47.0 Å². The molecule has 5 N–H and O–H groups in total. The Labute approximate surface area is 209 Å². The predicted molar refractivity (Wildman–Crippen MR) is 138 cm³/mol. The summed E-state index contributed by atoms with van der Waals surface area (Å²) in [6.07, 6.45) is 0.651. The van der Waals surface area contributed by atoms with E-state index in [2.05, 4.69) is 5.32 Å². The van der Waals surface area contributed by atoms with Crippen LogP contribution >= 0.6 is 0 Å². The minimum absolute atomic E-state index is 0.00968. The van der Waals surface area contributed by atoms with Gasteiger partial charge in [-0.1, -0.05) is 45.9 Å². The second-order valence-corrected chi connectivity index (χ2v) is 9.22. The molecule has 0 aliphatic rings. The van der Waals surface area contributed by atoms with Crippen LogP contribution in [0.25, 0.3) is 10.8 Å². The summed E-state index contributed by atoms with van der Waals surface area (Å²) in [7, 11) is 0. The minimum atomic E-state index is -1.37. The van der Waals surface area contributed by atoms with Gasteiger partial charge in [-0.3, -0.25) is 9.59 Å². The Morgan fingerprint density at radius 2 is 1.50 bits per heavy atom. The maximum Gasteiger partial charge on any atom is 0.336 e. The summed E-state index contributed by atoms with van der Waals surface area (Å²) in [5.74, 6) is -4.52. The van der Waals surface area contributed by atoms with Gasteiger partial charge < -0.3 is 21.3 Å². The van der Waals surface area contributed by atoms with E-state index in [1.54, 1.807) is 0 Å². The summed E-state index contributed by atoms with van der Waals surface area (Å²) >= 11 is 0. The lowest BCUT2D eigenvalue weighted by molar-refractivity contribution is 0.0684. The molecular formula is C28H30N2O6. The molecule has 1 unspecified atom stereocenters. The number of primary amides is 1. The first kappa shape index (κ1) is 26.4. The lowest BCUT2D eigenvalue weighted by atomic mass is 9.81. The number of aryl methyl sites for hydroxylation is 2. The van der Waals surface area contributed by atoms with Gasteiger partial charge in [0.2, 0.25) is 5.91 Å². The zero-order valence-electron chi connectivity index (χ0n) is 20.9. The van der Waals surface area contributed by atoms with E-state index in [0.29, 0.717) is 17.7 Å². The highest BCUT2D eigenvalue weighted by atomic mass is 16.4. The number of amides is 2. The van der Waals surface area contributed by atoms with Crippen LogP contribution in [0.2, 0.25) is 0 Å². The van der Waals surface area contributed by atoms with Gasteiger partial charge in [-0.05, 0) is 60.1 Å². The standard InChI is InChI=1S/C28H30N2O6/c1-6-16-9-7-8-14(4)24(16)30-26(32)20-12-19(15(5)13(2)3)23(25(29)31)22-18(28(35)36)11-10-17(21(20)22)27(33)34/h7-13,15H,6H2,1-5H3,(H2,29,31)(H,30,32)(H,33,34)(H,35,36). The average Bonchev–Trinajstić information content (AvgIpc) is 2.82. The van der Waals surface area contributed by atoms with Gasteiger partial charge in [0.25, 0.3) is 5.91 Å². The molecule has 3 rings (SSSR count). The summed E-state index contributed by atoms with van der Waals surface area (Å²) in [5, 5.41) is 22.5. The molecule has 0 fully saturated rings. The number of carbonyl (C=O) groups excluding carboxylic acids is 2. The number of carboxylic acids is 2. The Kier molecular flexibility index (Phi) is 7.48. The fraction of sp³-hybridized carbons (Fsp3) is 0.286. The number of nitrogens with one attached hydrogen (secondary N) is 1. The lowest BCUT2D eigenvalue weighted by Gasteiger charge is -2.24. The number of fused-ring (bicyclic) bond motifs is 1. The number of rotatable bonds is 8. The summed E-state index contributed by atoms with van der Waals surface area (Å²) < 4.78 is 0. The quantitative estimate of drug-likeness (QED) is 0.340. The van der Waals surface area contributed by atoms with Gasteiger partial charge in [-0.15, -0.1) is 0 Å². The van der Waals surface area contributed by atoms with E-state index in [1.165, 1.54) is 6.07 Å². The molecular weight excluding hydrogens is 460 g/mol. The first-order chi connectivity index (χ1) is 16.9. The number of carboxylic acid groups (broad SMARTS) is 2. The molecule has 0 bridgehead atoms. The van der Waals surface area contributed by atoms with E-state index in [9.17, 15) is 29.4 Å². The molecule has 188 valence electrons. The summed E-state index contributed by atoms with van der Waals surface area (Å²) in [5.41, 5.74) is 7.71. The van der Waals surface area contributed by atoms with Gasteiger partial charge in [-0.25, -0.2) is 9.59 Å². The Morgan fingerprint density at radius 3 is 2.00 bits per heavy atom. The molecule has 3 aromatic rings. The van der Waals surface area contributed by atoms with Crippen LogP contribution < -0.4 is 11.1 Å². The highest BCUT2D eigenvalue weighted by Crippen LogP contribution is 2.38. The third-order valence-corrected chi connectivity index (χ3v) is 6.73. The number of aromatic carboxylic acids is 2. The highest BCUT2D eigenvalue weighted by molar-refractivity contribution is 6.25. The Balaban J connectivity index is 2.51. The van der Waals surface area contributed by atoms with E-state index >= 15 is 0 Å². The van der Waals surface area contributed by atoms with Crippen LogP contribution in [0.3, 0.4) is 0 Å². The van der Waals surface area contributed by atoms with Crippen molar-refractivity contribution in [2.24, 2.45) is 11.7 Å². The zero-order valence-corrected chi connectivity index (χ0v) is 20.9. The van der Waals surface area contributed by atoms with E-state index in [0.717, 1.165) is 23.3 Å². The van der Waals surface area contributed by atoms with Gasteiger partial charge in [-0.2, -0.15) is 0 Å². The molecule has 0 aromatic heterocycles. The van der Waals surface area contributed by atoms with Crippen LogP contribution in [0.5, 0.6) is 0 Å². The van der Waals surface area contributed by atoms with Crippen LogP contribution in [0.1, 0.15) is 91.7 Å². The van der Waals surface area contributed by atoms with Gasteiger partial charge >= 0.3 is 11.9 Å². The summed E-state index contributed by atoms with van der Waals surface area (Å²) in [4.78, 5) is 50.8. The molecule has 0 saturated heterocycles. The van der Waals surface area contributed by atoms with Crippen LogP contribution in [0.4, 0.5) is 5.69 Å². The number of benzene rings is 3. The normalized spacial score (nSPS) is 11.9. The number of carbonyl (C=O) groups is 4. The maximum atomic E-state index is 13.8. The molecule has 0 aliphatic carbocycles. The summed E-state index contributed by atoms with van der Waals surface area (Å²) in [6.45, 7) is 9.49. The molecule has 0 saturated carbocycles. The summed E-state index contributed by atoms with van der Waals surface area (Å²) in [6, 6.07) is 9.35. The minimum Gasteiger partial charge on any atom is -0.478 e. The monoisotopic (exact) mass is 490 g/mol. The SMILES string of the molecule is CCc1cccc(C)c1NC(=O)c1cc(C(C)C(C)C)c(C(N)=O)c2c(C(=O)O)ccc(C(=O)O)c12. The molecule has 1 atom stereocenters. The van der Waals surface area contributed by atoms with Crippen molar-refractivity contribution in [3.05, 3.63) is 75.3 Å². The second-order valence-electron chi connectivity index (χ2n) is 9.22. The molecule has 0 heterocycles. The average molecular weight is 491 g/mol. The number of para-hydroxylation sites is 1. The molecule has 0 aliphatic heterocycles. The number of hydrogen-bond donors (Lipinski definition) is 4.